The van der Waals surface area contributed by atoms with Crippen molar-refractivity contribution in [2.45, 2.75) is 65.8 Å². The van der Waals surface area contributed by atoms with E-state index >= 15 is 0 Å². The first kappa shape index (κ1) is 15.6. The molecule has 1 saturated carbocycles. The molecule has 0 heterocycles. The van der Waals surface area contributed by atoms with Crippen LogP contribution in [0.1, 0.15) is 56.2 Å². The van der Waals surface area contributed by atoms with Gasteiger partial charge in [-0.1, -0.05) is 49.6 Å². The van der Waals surface area contributed by atoms with Crippen molar-refractivity contribution in [3.05, 3.63) is 34.9 Å². The van der Waals surface area contributed by atoms with E-state index in [1.807, 2.05) is 0 Å². The predicted molar refractivity (Wildman–Crippen MR) is 88.2 cm³/mol. The predicted octanol–water partition coefficient (Wildman–Crippen LogP) is 4.65. The highest BCUT2D eigenvalue weighted by Gasteiger charge is 2.29. The first-order valence-electron chi connectivity index (χ1n) is 8.42. The molecule has 3 unspecified atom stereocenters. The average Bonchev–Trinajstić information content (AvgIpc) is 2.40. The third kappa shape index (κ3) is 4.09. The number of hydrogen-bond donors (Lipinski definition) is 1. The van der Waals surface area contributed by atoms with Gasteiger partial charge >= 0.3 is 0 Å². The Bertz CT molecular complexity index is 404. The summed E-state index contributed by atoms with van der Waals surface area (Å²) >= 11 is 0. The number of hydrogen-bond acceptors (Lipinski definition) is 1. The van der Waals surface area contributed by atoms with Gasteiger partial charge in [-0.25, -0.2) is 0 Å². The van der Waals surface area contributed by atoms with Crippen LogP contribution in [0.15, 0.2) is 18.2 Å². The van der Waals surface area contributed by atoms with Gasteiger partial charge in [0.2, 0.25) is 0 Å². The van der Waals surface area contributed by atoms with Crippen molar-refractivity contribution in [3.63, 3.8) is 0 Å². The normalized spacial score (nSPS) is 26.7. The van der Waals surface area contributed by atoms with Crippen molar-refractivity contribution in [1.29, 1.82) is 0 Å². The second kappa shape index (κ2) is 7.26. The van der Waals surface area contributed by atoms with Gasteiger partial charge in [0.15, 0.2) is 0 Å². The molecule has 1 N–H and O–H groups in total. The number of aryl methyl sites for hydroxylation is 2. The van der Waals surface area contributed by atoms with Crippen molar-refractivity contribution >= 4 is 0 Å². The van der Waals surface area contributed by atoms with Crippen molar-refractivity contribution in [1.82, 2.24) is 5.32 Å². The SMILES string of the molecule is CCNC1CCC(CC)CC1Cc1cc(C)cc(C)c1. The van der Waals surface area contributed by atoms with Crippen LogP contribution in [0.4, 0.5) is 0 Å². The molecule has 112 valence electrons. The Balaban J connectivity index is 2.09. The molecule has 0 bridgehead atoms. The van der Waals surface area contributed by atoms with Gasteiger partial charge in [-0.15, -0.1) is 0 Å². The maximum Gasteiger partial charge on any atom is 0.00985 e. The first-order valence-corrected chi connectivity index (χ1v) is 8.42. The van der Waals surface area contributed by atoms with Crippen LogP contribution in [0.2, 0.25) is 0 Å². The van der Waals surface area contributed by atoms with E-state index in [2.05, 4.69) is 51.2 Å². The second-order valence-corrected chi connectivity index (χ2v) is 6.71. The fourth-order valence-corrected chi connectivity index (χ4v) is 3.98. The van der Waals surface area contributed by atoms with Gasteiger partial charge in [0.1, 0.15) is 0 Å². The average molecular weight is 273 g/mol. The highest BCUT2D eigenvalue weighted by Crippen LogP contribution is 2.33. The Kier molecular flexibility index (Phi) is 5.65. The summed E-state index contributed by atoms with van der Waals surface area (Å²) < 4.78 is 0. The first-order chi connectivity index (χ1) is 9.62. The summed E-state index contributed by atoms with van der Waals surface area (Å²) in [7, 11) is 0. The molecule has 3 atom stereocenters. The molecule has 1 nitrogen and oxygen atoms in total. The lowest BCUT2D eigenvalue weighted by atomic mass is 9.74. The van der Waals surface area contributed by atoms with Crippen molar-refractivity contribution in [3.8, 4) is 0 Å². The molecule has 20 heavy (non-hydrogen) atoms. The topological polar surface area (TPSA) is 12.0 Å². The number of benzene rings is 1. The molecule has 1 aromatic rings. The van der Waals surface area contributed by atoms with Crippen LogP contribution >= 0.6 is 0 Å². The minimum atomic E-state index is 0.726. The molecule has 1 heteroatoms. The molecule has 1 fully saturated rings. The van der Waals surface area contributed by atoms with Crippen LogP contribution in [0.5, 0.6) is 0 Å². The third-order valence-corrected chi connectivity index (χ3v) is 4.91. The standard InChI is InChI=1S/C19H31N/c1-5-16-7-8-19(20-6-2)18(12-16)13-17-10-14(3)9-15(4)11-17/h9-11,16,18-20H,5-8,12-13H2,1-4H3. The summed E-state index contributed by atoms with van der Waals surface area (Å²) in [6.07, 6.45) is 6.78. The van der Waals surface area contributed by atoms with Gasteiger partial charge in [-0.3, -0.25) is 0 Å². The maximum absolute atomic E-state index is 3.73. The van der Waals surface area contributed by atoms with Crippen LogP contribution in [-0.4, -0.2) is 12.6 Å². The molecule has 1 aliphatic rings. The highest BCUT2D eigenvalue weighted by atomic mass is 14.9. The van der Waals surface area contributed by atoms with E-state index in [-0.39, 0.29) is 0 Å². The lowest BCUT2D eigenvalue weighted by Crippen LogP contribution is -2.41. The van der Waals surface area contributed by atoms with Crippen LogP contribution in [-0.2, 0) is 6.42 Å². The van der Waals surface area contributed by atoms with Gasteiger partial charge in [0, 0.05) is 6.04 Å². The fraction of sp³-hybridized carbons (Fsp3) is 0.684. The maximum atomic E-state index is 3.73. The molecule has 0 aliphatic heterocycles. The van der Waals surface area contributed by atoms with E-state index < -0.39 is 0 Å². The van der Waals surface area contributed by atoms with Crippen LogP contribution in [0, 0.1) is 25.7 Å². The summed E-state index contributed by atoms with van der Waals surface area (Å²) in [6, 6.07) is 7.77. The van der Waals surface area contributed by atoms with E-state index in [0.717, 1.165) is 24.4 Å². The molecular formula is C19H31N. The largest absolute Gasteiger partial charge is 0.314 e. The Labute approximate surface area is 125 Å². The Morgan fingerprint density at radius 3 is 2.35 bits per heavy atom. The smallest absolute Gasteiger partial charge is 0.00985 e. The fourth-order valence-electron chi connectivity index (χ4n) is 3.98. The van der Waals surface area contributed by atoms with E-state index in [0.29, 0.717) is 0 Å². The molecule has 1 aliphatic carbocycles. The molecule has 0 aromatic heterocycles. The lowest BCUT2D eigenvalue weighted by Gasteiger charge is -2.36. The van der Waals surface area contributed by atoms with Crippen LogP contribution in [0.3, 0.4) is 0 Å². The Morgan fingerprint density at radius 2 is 1.75 bits per heavy atom. The summed E-state index contributed by atoms with van der Waals surface area (Å²) in [5.74, 6) is 1.76. The van der Waals surface area contributed by atoms with Crippen molar-refractivity contribution in [2.75, 3.05) is 6.54 Å². The van der Waals surface area contributed by atoms with Crippen molar-refractivity contribution < 1.29 is 0 Å². The third-order valence-electron chi connectivity index (χ3n) is 4.91. The Morgan fingerprint density at radius 1 is 1.05 bits per heavy atom. The quantitative estimate of drug-likeness (QED) is 0.823. The minimum Gasteiger partial charge on any atom is -0.314 e. The molecule has 0 spiro atoms. The zero-order valence-corrected chi connectivity index (χ0v) is 13.7. The summed E-state index contributed by atoms with van der Waals surface area (Å²) in [5.41, 5.74) is 4.35. The Hall–Kier alpha value is -0.820. The van der Waals surface area contributed by atoms with Gasteiger partial charge in [0.25, 0.3) is 0 Å². The van der Waals surface area contributed by atoms with E-state index in [9.17, 15) is 0 Å². The highest BCUT2D eigenvalue weighted by molar-refractivity contribution is 5.29. The molecule has 0 saturated heterocycles. The summed E-state index contributed by atoms with van der Waals surface area (Å²) in [6.45, 7) is 10.1. The van der Waals surface area contributed by atoms with Crippen molar-refractivity contribution in [2.24, 2.45) is 11.8 Å². The van der Waals surface area contributed by atoms with Gasteiger partial charge in [0.05, 0.1) is 0 Å². The van der Waals surface area contributed by atoms with E-state index in [4.69, 9.17) is 0 Å². The van der Waals surface area contributed by atoms with Crippen LogP contribution < -0.4 is 5.32 Å². The van der Waals surface area contributed by atoms with E-state index in [1.54, 1.807) is 0 Å². The monoisotopic (exact) mass is 273 g/mol. The zero-order valence-electron chi connectivity index (χ0n) is 13.7. The molecule has 0 radical (unpaired) electrons. The van der Waals surface area contributed by atoms with Crippen LogP contribution in [0.25, 0.3) is 0 Å². The minimum absolute atomic E-state index is 0.726. The van der Waals surface area contributed by atoms with Gasteiger partial charge in [-0.05, 0) is 63.5 Å². The summed E-state index contributed by atoms with van der Waals surface area (Å²) in [5, 5.41) is 3.73. The molecule has 2 rings (SSSR count). The van der Waals surface area contributed by atoms with Gasteiger partial charge < -0.3 is 5.32 Å². The number of nitrogens with one attached hydrogen (secondary N) is 1. The second-order valence-electron chi connectivity index (χ2n) is 6.71. The van der Waals surface area contributed by atoms with E-state index in [1.165, 1.54) is 48.8 Å². The number of rotatable bonds is 5. The summed E-state index contributed by atoms with van der Waals surface area (Å²) in [4.78, 5) is 0. The zero-order chi connectivity index (χ0) is 14.5. The van der Waals surface area contributed by atoms with Gasteiger partial charge in [-0.2, -0.15) is 0 Å². The molecule has 0 amide bonds. The lowest BCUT2D eigenvalue weighted by molar-refractivity contribution is 0.200. The molecule has 1 aromatic carbocycles. The molecular weight excluding hydrogens is 242 g/mol.